The van der Waals surface area contributed by atoms with Gasteiger partial charge in [0, 0.05) is 49.3 Å². The molecule has 0 radical (unpaired) electrons. The molecule has 0 bridgehead atoms. The molecule has 4 rings (SSSR count). The fourth-order valence-corrected chi connectivity index (χ4v) is 3.25. The molecule has 0 spiro atoms. The lowest BCUT2D eigenvalue weighted by Crippen LogP contribution is -2.46. The summed E-state index contributed by atoms with van der Waals surface area (Å²) in [6.07, 6.45) is 0. The first-order valence-corrected chi connectivity index (χ1v) is 9.01. The van der Waals surface area contributed by atoms with Crippen LogP contribution in [0.5, 0.6) is 0 Å². The molecule has 1 saturated heterocycles. The number of rotatable bonds is 4. The van der Waals surface area contributed by atoms with Gasteiger partial charge < -0.3 is 15.1 Å². The molecule has 132 valence electrons. The van der Waals surface area contributed by atoms with Crippen molar-refractivity contribution in [2.24, 2.45) is 0 Å². The average Bonchev–Trinajstić information content (AvgIpc) is 2.69. The van der Waals surface area contributed by atoms with Crippen molar-refractivity contribution in [3.8, 4) is 0 Å². The van der Waals surface area contributed by atoms with Crippen molar-refractivity contribution < 1.29 is 0 Å². The number of nitrogens with one attached hydrogen (secondary N) is 1. The lowest BCUT2D eigenvalue weighted by Gasteiger charge is -2.36. The van der Waals surface area contributed by atoms with Crippen molar-refractivity contribution in [2.45, 2.75) is 6.92 Å². The summed E-state index contributed by atoms with van der Waals surface area (Å²) in [7, 11) is 0. The average molecular weight is 345 g/mol. The van der Waals surface area contributed by atoms with Crippen LogP contribution in [-0.2, 0) is 0 Å². The van der Waals surface area contributed by atoms with Crippen LogP contribution in [-0.4, -0.2) is 36.1 Å². The van der Waals surface area contributed by atoms with Gasteiger partial charge in [-0.1, -0.05) is 36.4 Å². The van der Waals surface area contributed by atoms with Crippen molar-refractivity contribution in [1.82, 2.24) is 9.97 Å². The first kappa shape index (κ1) is 16.4. The molecule has 2 heterocycles. The van der Waals surface area contributed by atoms with E-state index in [1.54, 1.807) is 0 Å². The molecule has 1 aliphatic rings. The van der Waals surface area contributed by atoms with Crippen LogP contribution < -0.4 is 15.1 Å². The molecule has 0 unspecified atom stereocenters. The summed E-state index contributed by atoms with van der Waals surface area (Å²) in [6, 6.07) is 22.7. The topological polar surface area (TPSA) is 44.3 Å². The molecule has 1 aromatic heterocycles. The van der Waals surface area contributed by atoms with Crippen molar-refractivity contribution in [3.63, 3.8) is 0 Å². The second-order valence-corrected chi connectivity index (χ2v) is 6.49. The van der Waals surface area contributed by atoms with E-state index in [-0.39, 0.29) is 0 Å². The Morgan fingerprint density at radius 1 is 0.769 bits per heavy atom. The molecule has 0 atom stereocenters. The zero-order valence-electron chi connectivity index (χ0n) is 15.0. The van der Waals surface area contributed by atoms with Crippen LogP contribution in [0.25, 0.3) is 0 Å². The Morgan fingerprint density at radius 2 is 1.38 bits per heavy atom. The molecule has 26 heavy (non-hydrogen) atoms. The Bertz CT molecular complexity index is 843. The number of para-hydroxylation sites is 2. The van der Waals surface area contributed by atoms with Crippen molar-refractivity contribution >= 4 is 23.1 Å². The number of aromatic nitrogens is 2. The van der Waals surface area contributed by atoms with E-state index in [1.165, 1.54) is 5.69 Å². The monoisotopic (exact) mass is 345 g/mol. The van der Waals surface area contributed by atoms with Gasteiger partial charge in [-0.2, -0.15) is 4.98 Å². The lowest BCUT2D eigenvalue weighted by molar-refractivity contribution is 0.647. The van der Waals surface area contributed by atoms with E-state index in [0.717, 1.165) is 43.4 Å². The lowest BCUT2D eigenvalue weighted by atomic mass is 10.2. The molecule has 1 N–H and O–H groups in total. The normalized spacial score (nSPS) is 14.3. The maximum absolute atomic E-state index is 4.74. The number of anilines is 4. The zero-order valence-corrected chi connectivity index (χ0v) is 15.0. The van der Waals surface area contributed by atoms with Crippen LogP contribution in [0.3, 0.4) is 0 Å². The predicted octanol–water partition coefficient (Wildman–Crippen LogP) is 3.86. The van der Waals surface area contributed by atoms with Gasteiger partial charge in [0.1, 0.15) is 5.82 Å². The number of piperazine rings is 1. The van der Waals surface area contributed by atoms with Gasteiger partial charge in [0.2, 0.25) is 5.95 Å². The van der Waals surface area contributed by atoms with Crippen LogP contribution in [0, 0.1) is 6.92 Å². The molecule has 2 aromatic carbocycles. The molecular formula is C21H23N5. The maximum atomic E-state index is 4.74. The predicted molar refractivity (Wildman–Crippen MR) is 107 cm³/mol. The number of benzene rings is 2. The number of nitrogens with zero attached hydrogens (tertiary/aromatic N) is 4. The Kier molecular flexibility index (Phi) is 4.69. The van der Waals surface area contributed by atoms with Gasteiger partial charge in [0.05, 0.1) is 0 Å². The molecule has 0 saturated carbocycles. The van der Waals surface area contributed by atoms with E-state index >= 15 is 0 Å². The Hall–Kier alpha value is -3.08. The fourth-order valence-electron chi connectivity index (χ4n) is 3.25. The third kappa shape index (κ3) is 3.77. The van der Waals surface area contributed by atoms with Crippen LogP contribution >= 0.6 is 0 Å². The van der Waals surface area contributed by atoms with Gasteiger partial charge in [-0.3, -0.25) is 0 Å². The zero-order chi connectivity index (χ0) is 17.8. The van der Waals surface area contributed by atoms with Crippen LogP contribution in [0.4, 0.5) is 23.1 Å². The van der Waals surface area contributed by atoms with Gasteiger partial charge >= 0.3 is 0 Å². The molecule has 1 fully saturated rings. The second kappa shape index (κ2) is 7.44. The molecule has 3 aromatic rings. The summed E-state index contributed by atoms with van der Waals surface area (Å²) in [4.78, 5) is 14.0. The number of aryl methyl sites for hydroxylation is 1. The minimum absolute atomic E-state index is 0.650. The SMILES string of the molecule is Cc1cc(N2CCN(c3ccccc3)CC2)nc(Nc2ccccc2)n1. The van der Waals surface area contributed by atoms with Crippen LogP contribution in [0.15, 0.2) is 66.7 Å². The van der Waals surface area contributed by atoms with E-state index in [0.29, 0.717) is 5.95 Å². The highest BCUT2D eigenvalue weighted by atomic mass is 15.3. The van der Waals surface area contributed by atoms with E-state index in [4.69, 9.17) is 4.98 Å². The standard InChI is InChI=1S/C21H23N5/c1-17-16-20(24-21(22-17)23-18-8-4-2-5-9-18)26-14-12-25(13-15-26)19-10-6-3-7-11-19/h2-11,16H,12-15H2,1H3,(H,22,23,24). The van der Waals surface area contributed by atoms with E-state index in [2.05, 4.69) is 56.5 Å². The maximum Gasteiger partial charge on any atom is 0.229 e. The molecule has 5 heteroatoms. The molecule has 1 aliphatic heterocycles. The van der Waals surface area contributed by atoms with E-state index in [1.807, 2.05) is 37.3 Å². The van der Waals surface area contributed by atoms with Gasteiger partial charge in [-0.15, -0.1) is 0 Å². The van der Waals surface area contributed by atoms with Gasteiger partial charge in [0.25, 0.3) is 0 Å². The van der Waals surface area contributed by atoms with Crippen LogP contribution in [0.2, 0.25) is 0 Å². The third-order valence-corrected chi connectivity index (χ3v) is 4.60. The molecule has 5 nitrogen and oxygen atoms in total. The Morgan fingerprint density at radius 3 is 2.08 bits per heavy atom. The minimum Gasteiger partial charge on any atom is -0.368 e. The number of hydrogen-bond donors (Lipinski definition) is 1. The second-order valence-electron chi connectivity index (χ2n) is 6.49. The Labute approximate surface area is 154 Å². The van der Waals surface area contributed by atoms with Crippen LogP contribution in [0.1, 0.15) is 5.69 Å². The van der Waals surface area contributed by atoms with Gasteiger partial charge in [-0.05, 0) is 31.2 Å². The summed E-state index contributed by atoms with van der Waals surface area (Å²) < 4.78 is 0. The van der Waals surface area contributed by atoms with E-state index in [9.17, 15) is 0 Å². The summed E-state index contributed by atoms with van der Waals surface area (Å²) in [5, 5.41) is 3.30. The molecule has 0 amide bonds. The highest BCUT2D eigenvalue weighted by molar-refractivity contribution is 5.56. The summed E-state index contributed by atoms with van der Waals surface area (Å²) >= 11 is 0. The highest BCUT2D eigenvalue weighted by Crippen LogP contribution is 2.21. The largest absolute Gasteiger partial charge is 0.368 e. The third-order valence-electron chi connectivity index (χ3n) is 4.60. The van der Waals surface area contributed by atoms with Crippen molar-refractivity contribution in [3.05, 3.63) is 72.4 Å². The smallest absolute Gasteiger partial charge is 0.229 e. The molecule has 0 aliphatic carbocycles. The fraction of sp³-hybridized carbons (Fsp3) is 0.238. The highest BCUT2D eigenvalue weighted by Gasteiger charge is 2.19. The summed E-state index contributed by atoms with van der Waals surface area (Å²) in [6.45, 7) is 5.91. The minimum atomic E-state index is 0.650. The Balaban J connectivity index is 1.46. The van der Waals surface area contributed by atoms with Gasteiger partial charge in [0.15, 0.2) is 0 Å². The summed E-state index contributed by atoms with van der Waals surface area (Å²) in [5.41, 5.74) is 3.26. The summed E-state index contributed by atoms with van der Waals surface area (Å²) in [5.74, 6) is 1.64. The van der Waals surface area contributed by atoms with Crippen molar-refractivity contribution in [1.29, 1.82) is 0 Å². The van der Waals surface area contributed by atoms with E-state index < -0.39 is 0 Å². The van der Waals surface area contributed by atoms with Crippen molar-refractivity contribution in [2.75, 3.05) is 41.3 Å². The first-order chi connectivity index (χ1) is 12.8. The molecular weight excluding hydrogens is 322 g/mol. The quantitative estimate of drug-likeness (QED) is 0.778. The van der Waals surface area contributed by atoms with Gasteiger partial charge in [-0.25, -0.2) is 4.98 Å². The number of hydrogen-bond acceptors (Lipinski definition) is 5. The first-order valence-electron chi connectivity index (χ1n) is 9.01.